The van der Waals surface area contributed by atoms with Crippen LogP contribution in [0.15, 0.2) is 54.6 Å². The Kier molecular flexibility index (Phi) is 4.69. The molecule has 2 aromatic rings. The molecule has 1 saturated heterocycles. The average molecular weight is 310 g/mol. The van der Waals surface area contributed by atoms with Crippen LogP contribution in [0.3, 0.4) is 0 Å². The maximum atomic E-state index is 6.22. The molecule has 0 aromatic heterocycles. The molecule has 1 unspecified atom stereocenters. The van der Waals surface area contributed by atoms with Crippen molar-refractivity contribution in [1.82, 2.24) is 5.32 Å². The second-order valence-electron chi connectivity index (χ2n) is 7.00. The van der Waals surface area contributed by atoms with Crippen LogP contribution < -0.4 is 10.2 Å². The summed E-state index contributed by atoms with van der Waals surface area (Å²) in [5.41, 5.74) is 3.58. The molecule has 3 rings (SSSR count). The maximum absolute atomic E-state index is 6.22. The lowest BCUT2D eigenvalue weighted by molar-refractivity contribution is -0.0635. The molecule has 0 radical (unpaired) electrons. The van der Waals surface area contributed by atoms with Crippen molar-refractivity contribution >= 4 is 5.69 Å². The zero-order valence-corrected chi connectivity index (χ0v) is 14.3. The second kappa shape index (κ2) is 6.73. The number of nitrogens with zero attached hydrogens (tertiary/aromatic N) is 1. The van der Waals surface area contributed by atoms with E-state index < -0.39 is 0 Å². The van der Waals surface area contributed by atoms with Gasteiger partial charge in [0.1, 0.15) is 6.23 Å². The molecule has 2 aromatic carbocycles. The monoisotopic (exact) mass is 310 g/mol. The number of ether oxygens (including phenoxy) is 1. The zero-order chi connectivity index (χ0) is 16.3. The number of nitrogens with one attached hydrogen (secondary N) is 1. The van der Waals surface area contributed by atoms with Crippen LogP contribution in [0.4, 0.5) is 5.69 Å². The lowest BCUT2D eigenvalue weighted by atomic mass is 10.1. The van der Waals surface area contributed by atoms with Gasteiger partial charge in [-0.1, -0.05) is 42.5 Å². The standard InChI is InChI=1S/C20H26N2O/c1-20(2,3)23-19-15-21-13-14-22(19)18-11-9-17(10-12-18)16-7-5-4-6-8-16/h4-12,19,21H,13-15H2,1-3H3. The molecule has 1 fully saturated rings. The Balaban J connectivity index is 1.79. The Morgan fingerprint density at radius 2 is 1.61 bits per heavy atom. The predicted molar refractivity (Wildman–Crippen MR) is 96.7 cm³/mol. The van der Waals surface area contributed by atoms with Gasteiger partial charge in [-0.3, -0.25) is 0 Å². The van der Waals surface area contributed by atoms with Gasteiger partial charge in [0.15, 0.2) is 0 Å². The summed E-state index contributed by atoms with van der Waals surface area (Å²) in [6.07, 6.45) is 0.0753. The fraction of sp³-hybridized carbons (Fsp3) is 0.400. The summed E-state index contributed by atoms with van der Waals surface area (Å²) in [4.78, 5) is 2.36. The van der Waals surface area contributed by atoms with Crippen LogP contribution in [-0.2, 0) is 4.74 Å². The molecule has 0 amide bonds. The van der Waals surface area contributed by atoms with Crippen LogP contribution in [0, 0.1) is 0 Å². The van der Waals surface area contributed by atoms with E-state index in [9.17, 15) is 0 Å². The van der Waals surface area contributed by atoms with E-state index in [1.54, 1.807) is 0 Å². The number of piperazine rings is 1. The molecule has 1 aliphatic rings. The van der Waals surface area contributed by atoms with Gasteiger partial charge in [0.25, 0.3) is 0 Å². The van der Waals surface area contributed by atoms with Crippen molar-refractivity contribution in [1.29, 1.82) is 0 Å². The van der Waals surface area contributed by atoms with Crippen molar-refractivity contribution in [3.63, 3.8) is 0 Å². The fourth-order valence-corrected chi connectivity index (χ4v) is 2.96. The molecule has 1 heterocycles. The van der Waals surface area contributed by atoms with E-state index in [0.717, 1.165) is 19.6 Å². The first-order valence-electron chi connectivity index (χ1n) is 8.34. The van der Waals surface area contributed by atoms with Gasteiger partial charge >= 0.3 is 0 Å². The smallest absolute Gasteiger partial charge is 0.143 e. The molecular weight excluding hydrogens is 284 g/mol. The van der Waals surface area contributed by atoms with Gasteiger partial charge in [-0.2, -0.15) is 0 Å². The van der Waals surface area contributed by atoms with Crippen LogP contribution in [0.5, 0.6) is 0 Å². The Morgan fingerprint density at radius 3 is 2.26 bits per heavy atom. The van der Waals surface area contributed by atoms with Crippen LogP contribution in [-0.4, -0.2) is 31.5 Å². The molecule has 0 bridgehead atoms. The third-order valence-corrected chi connectivity index (χ3v) is 3.99. The first kappa shape index (κ1) is 16.0. The van der Waals surface area contributed by atoms with Crippen molar-refractivity contribution in [3.05, 3.63) is 54.6 Å². The molecular formula is C20H26N2O. The molecule has 3 heteroatoms. The van der Waals surface area contributed by atoms with Crippen molar-refractivity contribution in [3.8, 4) is 11.1 Å². The third kappa shape index (κ3) is 4.12. The molecule has 1 N–H and O–H groups in total. The van der Waals surface area contributed by atoms with Crippen molar-refractivity contribution in [2.75, 3.05) is 24.5 Å². The van der Waals surface area contributed by atoms with E-state index in [1.165, 1.54) is 16.8 Å². The van der Waals surface area contributed by atoms with E-state index in [0.29, 0.717) is 0 Å². The Labute approximate surface area is 139 Å². The van der Waals surface area contributed by atoms with Crippen molar-refractivity contribution < 1.29 is 4.74 Å². The summed E-state index contributed by atoms with van der Waals surface area (Å²) < 4.78 is 6.22. The lowest BCUT2D eigenvalue weighted by Crippen LogP contribution is -2.54. The minimum absolute atomic E-state index is 0.0753. The normalized spacial score (nSPS) is 18.9. The molecule has 1 aliphatic heterocycles. The van der Waals surface area contributed by atoms with Gasteiger partial charge in [0.05, 0.1) is 5.60 Å². The number of hydrogen-bond acceptors (Lipinski definition) is 3. The van der Waals surface area contributed by atoms with Gasteiger partial charge in [0.2, 0.25) is 0 Å². The molecule has 23 heavy (non-hydrogen) atoms. The Morgan fingerprint density at radius 1 is 0.957 bits per heavy atom. The van der Waals surface area contributed by atoms with E-state index in [1.807, 2.05) is 6.07 Å². The summed E-state index contributed by atoms with van der Waals surface area (Å²) in [5, 5.41) is 3.43. The van der Waals surface area contributed by atoms with Gasteiger partial charge < -0.3 is 15.0 Å². The topological polar surface area (TPSA) is 24.5 Å². The van der Waals surface area contributed by atoms with Crippen LogP contribution >= 0.6 is 0 Å². The minimum Gasteiger partial charge on any atom is -0.351 e. The quantitative estimate of drug-likeness (QED) is 0.930. The summed E-state index contributed by atoms with van der Waals surface area (Å²) in [6.45, 7) is 9.14. The molecule has 0 aliphatic carbocycles. The number of benzene rings is 2. The molecule has 1 atom stereocenters. The molecule has 0 saturated carbocycles. The number of anilines is 1. The summed E-state index contributed by atoms with van der Waals surface area (Å²) >= 11 is 0. The van der Waals surface area contributed by atoms with Gasteiger partial charge in [0, 0.05) is 25.3 Å². The highest BCUT2D eigenvalue weighted by Gasteiger charge is 2.27. The Hall–Kier alpha value is -1.84. The van der Waals surface area contributed by atoms with Crippen LogP contribution in [0.25, 0.3) is 11.1 Å². The first-order chi connectivity index (χ1) is 11.0. The van der Waals surface area contributed by atoms with Crippen molar-refractivity contribution in [2.24, 2.45) is 0 Å². The second-order valence-corrected chi connectivity index (χ2v) is 7.00. The summed E-state index contributed by atoms with van der Waals surface area (Å²) in [6, 6.07) is 19.3. The van der Waals surface area contributed by atoms with Crippen molar-refractivity contribution in [2.45, 2.75) is 32.6 Å². The highest BCUT2D eigenvalue weighted by Crippen LogP contribution is 2.26. The molecule has 3 nitrogen and oxygen atoms in total. The predicted octanol–water partition coefficient (Wildman–Crippen LogP) is 3.90. The highest BCUT2D eigenvalue weighted by molar-refractivity contribution is 5.66. The number of rotatable bonds is 3. The van der Waals surface area contributed by atoms with Gasteiger partial charge in [-0.05, 0) is 44.0 Å². The van der Waals surface area contributed by atoms with E-state index in [-0.39, 0.29) is 11.8 Å². The van der Waals surface area contributed by atoms with E-state index >= 15 is 0 Å². The van der Waals surface area contributed by atoms with Crippen LogP contribution in [0.2, 0.25) is 0 Å². The molecule has 0 spiro atoms. The highest BCUT2D eigenvalue weighted by atomic mass is 16.5. The fourth-order valence-electron chi connectivity index (χ4n) is 2.96. The van der Waals surface area contributed by atoms with E-state index in [4.69, 9.17) is 4.74 Å². The molecule has 122 valence electrons. The van der Waals surface area contributed by atoms with E-state index in [2.05, 4.69) is 79.5 Å². The Bertz CT molecular complexity index is 616. The third-order valence-electron chi connectivity index (χ3n) is 3.99. The first-order valence-corrected chi connectivity index (χ1v) is 8.34. The van der Waals surface area contributed by atoms with Gasteiger partial charge in [-0.25, -0.2) is 0 Å². The maximum Gasteiger partial charge on any atom is 0.143 e. The minimum atomic E-state index is -0.147. The zero-order valence-electron chi connectivity index (χ0n) is 14.3. The lowest BCUT2D eigenvalue weighted by Gasteiger charge is -2.41. The SMILES string of the molecule is CC(C)(C)OC1CNCCN1c1ccc(-c2ccccc2)cc1. The largest absolute Gasteiger partial charge is 0.351 e. The summed E-state index contributed by atoms with van der Waals surface area (Å²) in [7, 11) is 0. The van der Waals surface area contributed by atoms with Crippen LogP contribution in [0.1, 0.15) is 20.8 Å². The van der Waals surface area contributed by atoms with Gasteiger partial charge in [-0.15, -0.1) is 0 Å². The number of hydrogen-bond donors (Lipinski definition) is 1. The average Bonchev–Trinajstić information content (AvgIpc) is 2.55. The summed E-state index contributed by atoms with van der Waals surface area (Å²) in [5.74, 6) is 0.